The molecule has 0 atom stereocenters. The van der Waals surface area contributed by atoms with Crippen LogP contribution >= 0.6 is 0 Å². The molecular weight excluding hydrogens is 489 g/mol. The van der Waals surface area contributed by atoms with Gasteiger partial charge in [-0.3, -0.25) is 0 Å². The maximum Gasteiger partial charge on any atom is 0.336 e. The molecule has 0 aliphatic heterocycles. The summed E-state index contributed by atoms with van der Waals surface area (Å²) in [4.78, 5) is 13.7. The maximum atomic E-state index is 10.7. The molecule has 3 aliphatic rings. The van der Waals surface area contributed by atoms with Crippen molar-refractivity contribution in [2.75, 3.05) is 0 Å². The average molecular weight is 529 g/mol. The number of hydrogen-bond acceptors (Lipinski definition) is 1. The Hall–Kier alpha value is -0.971. The van der Waals surface area contributed by atoms with Crippen molar-refractivity contribution in [3.63, 3.8) is 0 Å². The van der Waals surface area contributed by atoms with Gasteiger partial charge in [-0.05, 0) is 18.2 Å². The van der Waals surface area contributed by atoms with E-state index in [1.807, 2.05) is 6.07 Å². The van der Waals surface area contributed by atoms with E-state index in [1.165, 1.54) is 11.8 Å². The fourth-order valence-electron chi connectivity index (χ4n) is 6.58. The fourth-order valence-corrected chi connectivity index (χ4v) is 21.5. The minimum atomic E-state index is -1.15. The summed E-state index contributed by atoms with van der Waals surface area (Å²) in [5, 5.41) is 9.54. The van der Waals surface area contributed by atoms with Gasteiger partial charge in [-0.25, -0.2) is 4.79 Å². The molecule has 3 saturated carbocycles. The molecule has 3 aliphatic carbocycles. The fraction of sp³-hybridized carbons (Fsp3) is 0.667. The van der Waals surface area contributed by atoms with Gasteiger partial charge in [-0.15, -0.1) is 0 Å². The minimum absolute atomic E-state index is 0.341. The van der Waals surface area contributed by atoms with Crippen molar-refractivity contribution in [3.05, 3.63) is 36.0 Å². The first-order valence-corrected chi connectivity index (χ1v) is 17.8. The van der Waals surface area contributed by atoms with Crippen LogP contribution in [0.25, 0.3) is 10.9 Å². The standard InChI is InChI=1S/C9H7NO2.3C6H11.Sn/c11-9(12)7-2-1-3-8-6(7)4-5-10-8;3*1-2-4-6-5-3-1;/h1-5,10H,(H,11,12);3*1H,2-6H2;. The summed E-state index contributed by atoms with van der Waals surface area (Å²) in [6.07, 6.45) is 26.0. The zero-order valence-corrected chi connectivity index (χ0v) is 21.9. The van der Waals surface area contributed by atoms with E-state index in [9.17, 15) is 4.79 Å². The van der Waals surface area contributed by atoms with Crippen molar-refractivity contribution < 1.29 is 9.90 Å². The van der Waals surface area contributed by atoms with Crippen molar-refractivity contribution >= 4 is 36.6 Å². The van der Waals surface area contributed by atoms with E-state index in [0.717, 1.165) is 10.9 Å². The summed E-state index contributed by atoms with van der Waals surface area (Å²) in [5.41, 5.74) is 1.20. The molecule has 1 aromatic heterocycles. The zero-order chi connectivity index (χ0) is 21.5. The van der Waals surface area contributed by atoms with Gasteiger partial charge in [0, 0.05) is 17.1 Å². The Balaban J connectivity index is 0.000000166. The van der Waals surface area contributed by atoms with Gasteiger partial charge in [-0.1, -0.05) is 6.07 Å². The van der Waals surface area contributed by atoms with Gasteiger partial charge in [0.25, 0.3) is 0 Å². The first-order chi connectivity index (χ1) is 15.2. The minimum Gasteiger partial charge on any atom is -0.478 e. The number of hydrogen-bond donors (Lipinski definition) is 2. The van der Waals surface area contributed by atoms with Gasteiger partial charge in [0.05, 0.1) is 5.56 Å². The van der Waals surface area contributed by atoms with Crippen molar-refractivity contribution in [3.8, 4) is 0 Å². The summed E-state index contributed by atoms with van der Waals surface area (Å²) in [7, 11) is 0. The predicted octanol–water partition coefficient (Wildman–Crippen LogP) is 8.35. The Morgan fingerprint density at radius 1 is 0.742 bits per heavy atom. The van der Waals surface area contributed by atoms with Crippen molar-refractivity contribution in [1.82, 2.24) is 4.98 Å². The third-order valence-corrected chi connectivity index (χ3v) is 21.1. The molecule has 2 aromatic rings. The van der Waals surface area contributed by atoms with Crippen LogP contribution in [0, 0.1) is 0 Å². The summed E-state index contributed by atoms with van der Waals surface area (Å²) >= 11 is -1.15. The van der Waals surface area contributed by atoms with Crippen LogP contribution in [0.4, 0.5) is 0 Å². The number of carboxylic acid groups (broad SMARTS) is 1. The predicted molar refractivity (Wildman–Crippen MR) is 132 cm³/mol. The van der Waals surface area contributed by atoms with Crippen molar-refractivity contribution in [2.45, 2.75) is 108 Å². The van der Waals surface area contributed by atoms with Gasteiger partial charge < -0.3 is 10.1 Å². The van der Waals surface area contributed by atoms with E-state index >= 15 is 0 Å². The number of rotatable bonds is 4. The SMILES string of the molecule is C1CC[CH]([Sn]([CH]2CCCCC2)[CH]2CCCCC2)CC1.O=C(O)c1cccc2[nH]ccc12. The Bertz CT molecular complexity index is 771. The van der Waals surface area contributed by atoms with Gasteiger partial charge in [0.1, 0.15) is 0 Å². The number of fused-ring (bicyclic) bond motifs is 1. The van der Waals surface area contributed by atoms with Crippen LogP contribution < -0.4 is 0 Å². The van der Waals surface area contributed by atoms with Crippen LogP contribution in [0.3, 0.4) is 0 Å². The van der Waals surface area contributed by atoms with Crippen LogP contribution in [0.15, 0.2) is 30.5 Å². The first-order valence-electron chi connectivity index (χ1n) is 12.9. The molecule has 169 valence electrons. The molecule has 3 fully saturated rings. The van der Waals surface area contributed by atoms with E-state index in [0.29, 0.717) is 5.56 Å². The molecule has 31 heavy (non-hydrogen) atoms. The molecule has 2 N–H and O–H groups in total. The molecule has 0 spiro atoms. The van der Waals surface area contributed by atoms with Crippen LogP contribution in [0.1, 0.15) is 107 Å². The average Bonchev–Trinajstić information content (AvgIpc) is 3.31. The number of aromatic amines is 1. The molecule has 4 heteroatoms. The van der Waals surface area contributed by atoms with Crippen LogP contribution in [-0.2, 0) is 0 Å². The molecule has 1 radical (unpaired) electrons. The number of benzene rings is 1. The van der Waals surface area contributed by atoms with Gasteiger partial charge >= 0.3 is 134 Å². The second-order valence-electron chi connectivity index (χ2n) is 10.1. The molecule has 5 rings (SSSR count). The summed E-state index contributed by atoms with van der Waals surface area (Å²) in [6, 6.07) is 6.93. The largest absolute Gasteiger partial charge is 0.478 e. The van der Waals surface area contributed by atoms with E-state index in [1.54, 1.807) is 121 Å². The number of carboxylic acids is 1. The van der Waals surface area contributed by atoms with Crippen molar-refractivity contribution in [2.24, 2.45) is 0 Å². The first kappa shape index (κ1) is 23.2. The Labute approximate surface area is 195 Å². The molecular formula is C27H40NO2Sn. The number of aromatic nitrogens is 1. The van der Waals surface area contributed by atoms with E-state index < -0.39 is 25.7 Å². The molecule has 0 unspecified atom stereocenters. The van der Waals surface area contributed by atoms with Crippen LogP contribution in [-0.4, -0.2) is 35.8 Å². The van der Waals surface area contributed by atoms with Crippen LogP contribution in [0.2, 0.25) is 11.8 Å². The molecule has 0 bridgehead atoms. The number of H-pyrrole nitrogens is 1. The smallest absolute Gasteiger partial charge is 0.336 e. The zero-order valence-electron chi connectivity index (χ0n) is 19.1. The van der Waals surface area contributed by atoms with Gasteiger partial charge in [-0.2, -0.15) is 0 Å². The quantitative estimate of drug-likeness (QED) is 0.391. The number of carbonyl (C=O) groups is 1. The maximum absolute atomic E-state index is 10.7. The van der Waals surface area contributed by atoms with Gasteiger partial charge in [0.2, 0.25) is 0 Å². The second kappa shape index (κ2) is 11.8. The molecule has 1 aromatic carbocycles. The van der Waals surface area contributed by atoms with Crippen molar-refractivity contribution in [1.29, 1.82) is 0 Å². The molecule has 0 amide bonds. The monoisotopic (exact) mass is 530 g/mol. The Morgan fingerprint density at radius 3 is 1.68 bits per heavy atom. The molecule has 1 heterocycles. The second-order valence-corrected chi connectivity index (χ2v) is 19.9. The van der Waals surface area contributed by atoms with E-state index in [4.69, 9.17) is 5.11 Å². The Morgan fingerprint density at radius 2 is 1.23 bits per heavy atom. The summed E-state index contributed by atoms with van der Waals surface area (Å²) < 4.78 is 3.96. The topological polar surface area (TPSA) is 53.1 Å². The van der Waals surface area contributed by atoms with E-state index in [2.05, 4.69) is 4.98 Å². The summed E-state index contributed by atoms with van der Waals surface area (Å²) in [6.45, 7) is 0. The normalized spacial score (nSPS) is 21.7. The molecule has 3 nitrogen and oxygen atoms in total. The van der Waals surface area contributed by atoms with Crippen LogP contribution in [0.5, 0.6) is 0 Å². The third kappa shape index (κ3) is 6.09. The molecule has 0 saturated heterocycles. The Kier molecular flexibility index (Phi) is 8.80. The number of nitrogens with one attached hydrogen (secondary N) is 1. The third-order valence-electron chi connectivity index (χ3n) is 8.06. The van der Waals surface area contributed by atoms with E-state index in [-0.39, 0.29) is 0 Å². The number of aromatic carboxylic acids is 1. The van der Waals surface area contributed by atoms with Gasteiger partial charge in [0.15, 0.2) is 0 Å². The summed E-state index contributed by atoms with van der Waals surface area (Å²) in [5.74, 6) is -0.889.